The van der Waals surface area contributed by atoms with Gasteiger partial charge in [-0.15, -0.1) is 0 Å². The van der Waals surface area contributed by atoms with Crippen molar-refractivity contribution in [1.29, 1.82) is 0 Å². The highest BCUT2D eigenvalue weighted by Gasteiger charge is 2.14. The van der Waals surface area contributed by atoms with Gasteiger partial charge < -0.3 is 10.0 Å². The molecule has 0 fully saturated rings. The van der Waals surface area contributed by atoms with E-state index in [4.69, 9.17) is 0 Å². The van der Waals surface area contributed by atoms with Crippen LogP contribution in [0.5, 0.6) is 0 Å². The molecule has 0 saturated heterocycles. The lowest BCUT2D eigenvalue weighted by Gasteiger charge is -2.20. The first kappa shape index (κ1) is 17.8. The molecule has 0 saturated carbocycles. The number of benzene rings is 1. The third-order valence-corrected chi connectivity index (χ3v) is 3.49. The Kier molecular flexibility index (Phi) is 5.78. The van der Waals surface area contributed by atoms with E-state index in [1.165, 1.54) is 12.1 Å². The second kappa shape index (κ2) is 7.80. The first-order valence-corrected chi connectivity index (χ1v) is 7.46. The zero-order chi connectivity index (χ0) is 17.7. The minimum Gasteiger partial charge on any atom is -0.387 e. The number of anilines is 1. The summed E-state index contributed by atoms with van der Waals surface area (Å²) >= 11 is 0. The molecule has 0 spiro atoms. The molecule has 1 aromatic heterocycles. The van der Waals surface area contributed by atoms with Crippen LogP contribution in [0.15, 0.2) is 36.7 Å². The van der Waals surface area contributed by atoms with Gasteiger partial charge in [-0.05, 0) is 12.6 Å². The average molecular weight is 331 g/mol. The molecule has 1 atom stereocenters. The Hall–Kier alpha value is -2.58. The largest absolute Gasteiger partial charge is 0.387 e. The average Bonchev–Trinajstić information content (AvgIpc) is 2.55. The molecule has 8 heteroatoms. The molecule has 2 aromatic rings. The molecule has 128 valence electrons. The predicted molar refractivity (Wildman–Crippen MR) is 90.7 cm³/mol. The number of nitrogens with zero attached hydrogens (tertiary/aromatic N) is 5. The maximum absolute atomic E-state index is 10.8. The van der Waals surface area contributed by atoms with Crippen molar-refractivity contribution in [3.8, 4) is 0 Å². The number of hydrogen-bond donors (Lipinski definition) is 1. The molecule has 0 aliphatic rings. The van der Waals surface area contributed by atoms with Crippen LogP contribution in [0.3, 0.4) is 0 Å². The van der Waals surface area contributed by atoms with Gasteiger partial charge in [0.15, 0.2) is 0 Å². The number of aromatic nitrogens is 2. The van der Waals surface area contributed by atoms with Gasteiger partial charge in [0.05, 0.1) is 11.0 Å². The summed E-state index contributed by atoms with van der Waals surface area (Å²) < 4.78 is 0. The number of rotatable bonds is 7. The molecular formula is C16H21N5O3. The minimum absolute atomic E-state index is 0.0260. The van der Waals surface area contributed by atoms with E-state index in [-0.39, 0.29) is 5.69 Å². The molecule has 8 nitrogen and oxygen atoms in total. The van der Waals surface area contributed by atoms with Gasteiger partial charge in [-0.3, -0.25) is 15.0 Å². The van der Waals surface area contributed by atoms with Gasteiger partial charge in [-0.25, -0.2) is 9.97 Å². The topological polar surface area (TPSA) is 95.6 Å². The van der Waals surface area contributed by atoms with E-state index >= 15 is 0 Å². The van der Waals surface area contributed by atoms with Crippen molar-refractivity contribution in [2.75, 3.05) is 32.6 Å². The summed E-state index contributed by atoms with van der Waals surface area (Å²) in [5, 5.41) is 21.1. The fourth-order valence-corrected chi connectivity index (χ4v) is 2.28. The Bertz CT molecular complexity index is 690. The molecule has 1 unspecified atom stereocenters. The number of likely N-dealkylation sites (N-methyl/N-ethyl adjacent to an activating group) is 1. The molecule has 24 heavy (non-hydrogen) atoms. The van der Waals surface area contributed by atoms with E-state index in [0.29, 0.717) is 24.6 Å². The van der Waals surface area contributed by atoms with Gasteiger partial charge in [0.2, 0.25) is 5.95 Å². The molecule has 2 rings (SSSR count). The number of aliphatic hydroxyl groups excluding tert-OH is 1. The summed E-state index contributed by atoms with van der Waals surface area (Å²) in [6, 6.07) is 6.06. The van der Waals surface area contributed by atoms with Crippen molar-refractivity contribution in [2.45, 2.75) is 12.6 Å². The van der Waals surface area contributed by atoms with Gasteiger partial charge >= 0.3 is 0 Å². The first-order chi connectivity index (χ1) is 11.4. The summed E-state index contributed by atoms with van der Waals surface area (Å²) in [4.78, 5) is 22.6. The van der Waals surface area contributed by atoms with Crippen molar-refractivity contribution < 1.29 is 10.0 Å². The summed E-state index contributed by atoms with van der Waals surface area (Å²) in [5.41, 5.74) is 1.42. The molecule has 0 bridgehead atoms. The van der Waals surface area contributed by atoms with Crippen LogP contribution in [-0.2, 0) is 6.54 Å². The van der Waals surface area contributed by atoms with E-state index in [0.717, 1.165) is 5.56 Å². The van der Waals surface area contributed by atoms with Crippen molar-refractivity contribution in [1.82, 2.24) is 14.9 Å². The third kappa shape index (κ3) is 4.71. The van der Waals surface area contributed by atoms with E-state index in [9.17, 15) is 15.2 Å². The second-order valence-corrected chi connectivity index (χ2v) is 5.85. The lowest BCUT2D eigenvalue weighted by molar-refractivity contribution is -0.385. The highest BCUT2D eigenvalue weighted by Crippen LogP contribution is 2.20. The zero-order valence-electron chi connectivity index (χ0n) is 14.0. The molecule has 1 N–H and O–H groups in total. The number of aliphatic hydroxyl groups is 1. The Morgan fingerprint density at radius 1 is 1.25 bits per heavy atom. The van der Waals surface area contributed by atoms with Crippen LogP contribution in [0.25, 0.3) is 0 Å². The monoisotopic (exact) mass is 331 g/mol. The normalized spacial score (nSPS) is 12.2. The molecule has 0 amide bonds. The van der Waals surface area contributed by atoms with Gasteiger partial charge in [-0.1, -0.05) is 12.1 Å². The zero-order valence-corrected chi connectivity index (χ0v) is 14.0. The van der Waals surface area contributed by atoms with Crippen LogP contribution >= 0.6 is 0 Å². The molecular weight excluding hydrogens is 310 g/mol. The molecule has 0 aliphatic carbocycles. The van der Waals surface area contributed by atoms with Gasteiger partial charge in [0, 0.05) is 57.3 Å². The van der Waals surface area contributed by atoms with Crippen LogP contribution in [0.2, 0.25) is 0 Å². The molecule has 1 heterocycles. The standard InChI is InChI=1S/C16H21N5O3/c1-19(2)16-17-8-12(9-18-16)10-20(3)11-15(22)13-5-4-6-14(7-13)21(23)24/h4-9,15,22H,10-11H2,1-3H3. The van der Waals surface area contributed by atoms with Crippen LogP contribution < -0.4 is 4.90 Å². The van der Waals surface area contributed by atoms with Crippen molar-refractivity contribution >= 4 is 11.6 Å². The summed E-state index contributed by atoms with van der Waals surface area (Å²) in [7, 11) is 5.60. The lowest BCUT2D eigenvalue weighted by Crippen LogP contribution is -2.24. The molecule has 1 aromatic carbocycles. The van der Waals surface area contributed by atoms with Crippen LogP contribution in [-0.4, -0.2) is 52.6 Å². The molecule has 0 aliphatic heterocycles. The predicted octanol–water partition coefficient (Wildman–Crippen LogP) is 1.62. The number of hydrogen-bond acceptors (Lipinski definition) is 7. The number of nitro benzene ring substituents is 1. The summed E-state index contributed by atoms with van der Waals surface area (Å²) in [5.74, 6) is 0.637. The Morgan fingerprint density at radius 2 is 1.92 bits per heavy atom. The number of non-ortho nitro benzene ring substituents is 1. The Morgan fingerprint density at radius 3 is 2.50 bits per heavy atom. The summed E-state index contributed by atoms with van der Waals surface area (Å²) in [6.45, 7) is 0.913. The first-order valence-electron chi connectivity index (χ1n) is 7.46. The van der Waals surface area contributed by atoms with Crippen molar-refractivity contribution in [3.05, 3.63) is 57.9 Å². The van der Waals surface area contributed by atoms with Gasteiger partial charge in [-0.2, -0.15) is 0 Å². The van der Waals surface area contributed by atoms with Crippen LogP contribution in [0.1, 0.15) is 17.2 Å². The van der Waals surface area contributed by atoms with E-state index in [1.807, 2.05) is 30.9 Å². The highest BCUT2D eigenvalue weighted by molar-refractivity contribution is 5.35. The Balaban J connectivity index is 1.97. The van der Waals surface area contributed by atoms with Crippen molar-refractivity contribution in [2.24, 2.45) is 0 Å². The SMILES string of the molecule is CN(Cc1cnc(N(C)C)nc1)CC(O)c1cccc([N+](=O)[O-])c1. The maximum atomic E-state index is 10.8. The van der Waals surface area contributed by atoms with Crippen LogP contribution in [0, 0.1) is 10.1 Å². The quantitative estimate of drug-likeness (QED) is 0.608. The van der Waals surface area contributed by atoms with E-state index in [1.54, 1.807) is 24.5 Å². The van der Waals surface area contributed by atoms with Gasteiger partial charge in [0.1, 0.15) is 0 Å². The van der Waals surface area contributed by atoms with Crippen molar-refractivity contribution in [3.63, 3.8) is 0 Å². The maximum Gasteiger partial charge on any atom is 0.269 e. The van der Waals surface area contributed by atoms with Crippen LogP contribution in [0.4, 0.5) is 11.6 Å². The number of nitro groups is 1. The third-order valence-electron chi connectivity index (χ3n) is 3.49. The highest BCUT2D eigenvalue weighted by atomic mass is 16.6. The Labute approximate surface area is 140 Å². The summed E-state index contributed by atoms with van der Waals surface area (Å²) in [6.07, 6.45) is 2.69. The van der Waals surface area contributed by atoms with E-state index in [2.05, 4.69) is 9.97 Å². The van der Waals surface area contributed by atoms with E-state index < -0.39 is 11.0 Å². The van der Waals surface area contributed by atoms with Gasteiger partial charge in [0.25, 0.3) is 5.69 Å². The second-order valence-electron chi connectivity index (χ2n) is 5.85. The smallest absolute Gasteiger partial charge is 0.269 e. The fraction of sp³-hybridized carbons (Fsp3) is 0.375. The molecule has 0 radical (unpaired) electrons. The lowest BCUT2D eigenvalue weighted by atomic mass is 10.1. The minimum atomic E-state index is -0.808. The fourth-order valence-electron chi connectivity index (χ4n) is 2.28.